The van der Waals surface area contributed by atoms with Crippen LogP contribution in [0.3, 0.4) is 0 Å². The molecule has 5 aromatic rings. The number of hydrogen-bond acceptors (Lipinski definition) is 1. The Morgan fingerprint density at radius 1 is 0.875 bits per heavy atom. The van der Waals surface area contributed by atoms with E-state index >= 15 is 4.39 Å². The van der Waals surface area contributed by atoms with Crippen LogP contribution in [0.4, 0.5) is 4.39 Å². The van der Waals surface area contributed by atoms with Crippen LogP contribution >= 0.6 is 0 Å². The van der Waals surface area contributed by atoms with Gasteiger partial charge < -0.3 is 4.42 Å². The summed E-state index contributed by atoms with van der Waals surface area (Å²) in [6, 6.07) is 21.9. The fraction of sp³-hybridized carbons (Fsp3) is 0.207. The molecule has 3 aromatic carbocycles. The molecule has 0 spiro atoms. The summed E-state index contributed by atoms with van der Waals surface area (Å²) in [6.07, 6.45) is 2.99. The van der Waals surface area contributed by atoms with Crippen molar-refractivity contribution < 1.29 is 13.4 Å². The predicted octanol–water partition coefficient (Wildman–Crippen LogP) is 7.39. The number of rotatable bonds is 4. The molecule has 32 heavy (non-hydrogen) atoms. The molecule has 0 amide bonds. The van der Waals surface area contributed by atoms with Crippen LogP contribution in [0.25, 0.3) is 44.3 Å². The van der Waals surface area contributed by atoms with Crippen molar-refractivity contribution in [2.75, 3.05) is 0 Å². The minimum absolute atomic E-state index is 0.262. The largest absolute Gasteiger partial charge is 0.454 e. The molecule has 2 heterocycles. The van der Waals surface area contributed by atoms with E-state index in [4.69, 9.17) is 4.42 Å². The van der Waals surface area contributed by atoms with Crippen LogP contribution in [0.5, 0.6) is 0 Å². The van der Waals surface area contributed by atoms with Crippen molar-refractivity contribution in [2.24, 2.45) is 13.0 Å². The lowest BCUT2D eigenvalue weighted by Gasteiger charge is -2.09. The second kappa shape index (κ2) is 7.90. The standard InChI is InChI=1S/C29H27FNO/c1-18(2)16-20-8-7-9-21(17-20)27-24(30)14-13-23-22-12-11-19(3)26(28(22)32-29(23)27)25-10-5-6-15-31(25)4/h5-15,17-18H,16H2,1-4H3/q+1. The van der Waals surface area contributed by atoms with E-state index in [-0.39, 0.29) is 5.82 Å². The highest BCUT2D eigenvalue weighted by atomic mass is 19.1. The maximum atomic E-state index is 15.2. The molecular weight excluding hydrogens is 397 g/mol. The Balaban J connectivity index is 1.81. The Bertz CT molecular complexity index is 1460. The van der Waals surface area contributed by atoms with Crippen molar-refractivity contribution in [3.05, 3.63) is 89.9 Å². The van der Waals surface area contributed by atoms with E-state index in [9.17, 15) is 0 Å². The summed E-state index contributed by atoms with van der Waals surface area (Å²) in [5, 5.41) is 1.94. The Labute approximate surface area is 187 Å². The third-order valence-corrected chi connectivity index (χ3v) is 6.14. The Hall–Kier alpha value is -3.46. The first-order valence-electron chi connectivity index (χ1n) is 11.1. The summed E-state index contributed by atoms with van der Waals surface area (Å²) in [7, 11) is 2.03. The molecule has 0 atom stereocenters. The average Bonchev–Trinajstić information content (AvgIpc) is 3.12. The van der Waals surface area contributed by atoms with Gasteiger partial charge in [-0.25, -0.2) is 8.96 Å². The molecule has 0 bridgehead atoms. The van der Waals surface area contributed by atoms with Crippen LogP contribution in [-0.2, 0) is 13.5 Å². The zero-order chi connectivity index (χ0) is 22.4. The first-order chi connectivity index (χ1) is 15.4. The van der Waals surface area contributed by atoms with E-state index < -0.39 is 0 Å². The average molecular weight is 425 g/mol. The highest BCUT2D eigenvalue weighted by molar-refractivity contribution is 6.13. The van der Waals surface area contributed by atoms with E-state index in [1.54, 1.807) is 6.07 Å². The van der Waals surface area contributed by atoms with Crippen molar-refractivity contribution in [3.63, 3.8) is 0 Å². The van der Waals surface area contributed by atoms with Gasteiger partial charge in [0, 0.05) is 22.9 Å². The number of aromatic nitrogens is 1. The van der Waals surface area contributed by atoms with E-state index in [1.807, 2.05) is 43.6 Å². The first kappa shape index (κ1) is 20.4. The Morgan fingerprint density at radius 2 is 1.62 bits per heavy atom. The molecule has 0 saturated carbocycles. The molecule has 0 aliphatic heterocycles. The van der Waals surface area contributed by atoms with Crippen molar-refractivity contribution in [2.45, 2.75) is 27.2 Å². The Kier molecular flexibility index (Phi) is 5.05. The number of halogens is 1. The Morgan fingerprint density at radius 3 is 2.38 bits per heavy atom. The second-order valence-electron chi connectivity index (χ2n) is 9.03. The minimum atomic E-state index is -0.262. The molecular formula is C29H27FNO+. The summed E-state index contributed by atoms with van der Waals surface area (Å²) < 4.78 is 23.8. The molecule has 2 aromatic heterocycles. The van der Waals surface area contributed by atoms with Gasteiger partial charge >= 0.3 is 0 Å². The topological polar surface area (TPSA) is 17.0 Å². The monoisotopic (exact) mass is 424 g/mol. The normalized spacial score (nSPS) is 11.7. The number of fused-ring (bicyclic) bond motifs is 3. The quantitative estimate of drug-likeness (QED) is 0.275. The molecule has 0 aliphatic carbocycles. The number of furan rings is 1. The molecule has 0 radical (unpaired) electrons. The van der Waals surface area contributed by atoms with Gasteiger partial charge in [-0.2, -0.15) is 0 Å². The van der Waals surface area contributed by atoms with Gasteiger partial charge in [0.15, 0.2) is 6.20 Å². The van der Waals surface area contributed by atoms with Gasteiger partial charge in [-0.1, -0.05) is 50.2 Å². The van der Waals surface area contributed by atoms with E-state index in [0.717, 1.165) is 45.2 Å². The second-order valence-corrected chi connectivity index (χ2v) is 9.03. The predicted molar refractivity (Wildman–Crippen MR) is 129 cm³/mol. The van der Waals surface area contributed by atoms with Gasteiger partial charge in [0.25, 0.3) is 0 Å². The van der Waals surface area contributed by atoms with Crippen LogP contribution < -0.4 is 4.57 Å². The highest BCUT2D eigenvalue weighted by Crippen LogP contribution is 2.41. The first-order valence-corrected chi connectivity index (χ1v) is 11.1. The summed E-state index contributed by atoms with van der Waals surface area (Å²) in [5.41, 5.74) is 7.23. The fourth-order valence-corrected chi connectivity index (χ4v) is 4.67. The summed E-state index contributed by atoms with van der Waals surface area (Å²) >= 11 is 0. The van der Waals surface area contributed by atoms with E-state index in [1.165, 1.54) is 5.56 Å². The van der Waals surface area contributed by atoms with Crippen molar-refractivity contribution in [3.8, 4) is 22.4 Å². The maximum absolute atomic E-state index is 15.2. The molecule has 2 nitrogen and oxygen atoms in total. The molecule has 0 fully saturated rings. The number of nitrogens with zero attached hydrogens (tertiary/aromatic N) is 1. The zero-order valence-electron chi connectivity index (χ0n) is 18.9. The number of pyridine rings is 1. The number of benzene rings is 3. The molecule has 0 N–H and O–H groups in total. The number of aryl methyl sites for hydroxylation is 2. The summed E-state index contributed by atoms with van der Waals surface area (Å²) in [4.78, 5) is 0. The van der Waals surface area contributed by atoms with Crippen molar-refractivity contribution in [1.29, 1.82) is 0 Å². The van der Waals surface area contributed by atoms with Gasteiger partial charge in [-0.3, -0.25) is 0 Å². The summed E-state index contributed by atoms with van der Waals surface area (Å²) in [6.45, 7) is 6.48. The summed E-state index contributed by atoms with van der Waals surface area (Å²) in [5.74, 6) is 0.274. The molecule has 3 heteroatoms. The zero-order valence-corrected chi connectivity index (χ0v) is 18.9. The minimum Gasteiger partial charge on any atom is -0.454 e. The lowest BCUT2D eigenvalue weighted by molar-refractivity contribution is -0.660. The van der Waals surface area contributed by atoms with Gasteiger partial charge in [0.2, 0.25) is 5.69 Å². The molecule has 0 saturated heterocycles. The molecule has 160 valence electrons. The van der Waals surface area contributed by atoms with E-state index in [2.05, 4.69) is 55.7 Å². The smallest absolute Gasteiger partial charge is 0.216 e. The van der Waals surface area contributed by atoms with E-state index in [0.29, 0.717) is 17.1 Å². The molecule has 0 aliphatic rings. The van der Waals surface area contributed by atoms with Crippen LogP contribution in [0.15, 0.2) is 77.3 Å². The van der Waals surface area contributed by atoms with Crippen molar-refractivity contribution in [1.82, 2.24) is 0 Å². The van der Waals surface area contributed by atoms with Gasteiger partial charge in [0.05, 0.1) is 11.1 Å². The molecule has 5 rings (SSSR count). The fourth-order valence-electron chi connectivity index (χ4n) is 4.67. The van der Waals surface area contributed by atoms with Gasteiger partial charge in [-0.05, 0) is 54.2 Å². The third-order valence-electron chi connectivity index (χ3n) is 6.14. The van der Waals surface area contributed by atoms with Gasteiger partial charge in [-0.15, -0.1) is 0 Å². The van der Waals surface area contributed by atoms with Crippen LogP contribution in [0, 0.1) is 18.7 Å². The third kappa shape index (κ3) is 3.38. The van der Waals surface area contributed by atoms with Gasteiger partial charge in [0.1, 0.15) is 24.0 Å². The lowest BCUT2D eigenvalue weighted by Crippen LogP contribution is -2.30. The molecule has 0 unspecified atom stereocenters. The SMILES string of the molecule is Cc1ccc2c(oc3c(-c4cccc(CC(C)C)c4)c(F)ccc32)c1-c1cccc[n+]1C. The number of hydrogen-bond donors (Lipinski definition) is 0. The van der Waals surface area contributed by atoms with Crippen molar-refractivity contribution >= 4 is 21.9 Å². The highest BCUT2D eigenvalue weighted by Gasteiger charge is 2.23. The van der Waals surface area contributed by atoms with Crippen LogP contribution in [0.1, 0.15) is 25.0 Å². The lowest BCUT2D eigenvalue weighted by atomic mass is 9.96. The van der Waals surface area contributed by atoms with Crippen LogP contribution in [-0.4, -0.2) is 0 Å². The maximum Gasteiger partial charge on any atom is 0.216 e. The van der Waals surface area contributed by atoms with Crippen LogP contribution in [0.2, 0.25) is 0 Å².